The number of hydrogen-bond donors (Lipinski definition) is 0. The van der Waals surface area contributed by atoms with Crippen molar-refractivity contribution in [2.24, 2.45) is 0 Å². The second-order valence-electron chi connectivity index (χ2n) is 0.832. The van der Waals surface area contributed by atoms with Crippen molar-refractivity contribution in [2.45, 2.75) is 0 Å². The largest absolute Gasteiger partial charge is 0.772 e. The number of rotatable bonds is 2. The summed E-state index contributed by atoms with van der Waals surface area (Å²) in [5.74, 6) is 0.00347. The van der Waals surface area contributed by atoms with Gasteiger partial charge < -0.3 is 4.55 Å². The van der Waals surface area contributed by atoms with Crippen LogP contribution in [-0.2, 0) is 11.1 Å². The lowest BCUT2D eigenvalue weighted by Gasteiger charge is -1.95. The Bertz CT molecular complexity index is 90.9. The Morgan fingerprint density at radius 2 is 2.43 bits per heavy atom. The van der Waals surface area contributed by atoms with Gasteiger partial charge in [-0.1, -0.05) is 28.8 Å². The van der Waals surface area contributed by atoms with Crippen molar-refractivity contribution in [3.63, 3.8) is 0 Å². The van der Waals surface area contributed by atoms with Gasteiger partial charge in [-0.15, -0.1) is 0 Å². The van der Waals surface area contributed by atoms with Crippen molar-refractivity contribution in [2.75, 3.05) is 5.75 Å². The summed E-state index contributed by atoms with van der Waals surface area (Å²) in [6.07, 6.45) is 1.35. The molecule has 0 bridgehead atoms. The zero-order chi connectivity index (χ0) is 5.70. The van der Waals surface area contributed by atoms with Crippen LogP contribution in [0.25, 0.3) is 0 Å². The minimum atomic E-state index is -1.99. The van der Waals surface area contributed by atoms with Crippen molar-refractivity contribution in [3.8, 4) is 0 Å². The summed E-state index contributed by atoms with van der Waals surface area (Å²) in [6.45, 7) is 0. The maximum Gasteiger partial charge on any atom is 0.0293 e. The summed E-state index contributed by atoms with van der Waals surface area (Å²) < 4.78 is 19.3. The molecule has 0 spiro atoms. The topological polar surface area (TPSA) is 40.1 Å². The molecule has 0 radical (unpaired) electrons. The Balaban J connectivity index is 3.14. The standard InChI is InChI=1S/C3H5ClO2S/c4-2-1-3-7(5)6/h1-2H,3H2,(H,5,6)/p-1. The minimum absolute atomic E-state index is 0.00347. The van der Waals surface area contributed by atoms with Crippen LogP contribution in [0, 0.1) is 0 Å². The Hall–Kier alpha value is 0.140. The highest BCUT2D eigenvalue weighted by Crippen LogP contribution is 1.79. The first-order chi connectivity index (χ1) is 3.27. The van der Waals surface area contributed by atoms with E-state index in [0.717, 1.165) is 0 Å². The van der Waals surface area contributed by atoms with Gasteiger partial charge >= 0.3 is 0 Å². The molecule has 0 saturated carbocycles. The minimum Gasteiger partial charge on any atom is -0.772 e. The molecule has 0 rings (SSSR count). The van der Waals surface area contributed by atoms with Crippen LogP contribution in [-0.4, -0.2) is 14.5 Å². The van der Waals surface area contributed by atoms with Crippen LogP contribution < -0.4 is 0 Å². The zero-order valence-corrected chi connectivity index (χ0v) is 5.04. The van der Waals surface area contributed by atoms with Crippen LogP contribution in [0.5, 0.6) is 0 Å². The molecule has 0 saturated heterocycles. The predicted octanol–water partition coefficient (Wildman–Crippen LogP) is 0.618. The van der Waals surface area contributed by atoms with E-state index in [1.54, 1.807) is 0 Å². The van der Waals surface area contributed by atoms with Gasteiger partial charge in [0.15, 0.2) is 0 Å². The molecule has 0 heterocycles. The first-order valence-electron chi connectivity index (χ1n) is 1.58. The molecule has 0 N–H and O–H groups in total. The van der Waals surface area contributed by atoms with E-state index in [9.17, 15) is 8.76 Å². The Labute approximate surface area is 49.5 Å². The van der Waals surface area contributed by atoms with E-state index >= 15 is 0 Å². The van der Waals surface area contributed by atoms with Crippen LogP contribution in [0.2, 0.25) is 0 Å². The van der Waals surface area contributed by atoms with Crippen LogP contribution in [0.4, 0.5) is 0 Å². The maximum absolute atomic E-state index is 9.65. The van der Waals surface area contributed by atoms with Crippen LogP contribution in [0.1, 0.15) is 0 Å². The third-order valence-electron chi connectivity index (χ3n) is 0.321. The van der Waals surface area contributed by atoms with Gasteiger partial charge in [-0.3, -0.25) is 4.21 Å². The molecule has 1 atom stereocenters. The highest BCUT2D eigenvalue weighted by molar-refractivity contribution is 7.79. The maximum atomic E-state index is 9.65. The summed E-state index contributed by atoms with van der Waals surface area (Å²) in [5, 5.41) is 0. The quantitative estimate of drug-likeness (QED) is 0.527. The van der Waals surface area contributed by atoms with Crippen molar-refractivity contribution < 1.29 is 8.76 Å². The molecule has 0 aliphatic heterocycles. The molecule has 2 nitrogen and oxygen atoms in total. The van der Waals surface area contributed by atoms with E-state index in [1.165, 1.54) is 11.6 Å². The summed E-state index contributed by atoms with van der Waals surface area (Å²) in [4.78, 5) is 0. The molecule has 0 amide bonds. The predicted molar refractivity (Wildman–Crippen MR) is 28.8 cm³/mol. The summed E-state index contributed by atoms with van der Waals surface area (Å²) in [7, 11) is 0. The molecule has 1 unspecified atom stereocenters. The molecule has 4 heteroatoms. The van der Waals surface area contributed by atoms with E-state index < -0.39 is 11.1 Å². The lowest BCUT2D eigenvalue weighted by atomic mass is 10.8. The van der Waals surface area contributed by atoms with Crippen LogP contribution in [0.3, 0.4) is 0 Å². The van der Waals surface area contributed by atoms with E-state index in [-0.39, 0.29) is 5.75 Å². The summed E-state index contributed by atoms with van der Waals surface area (Å²) in [6, 6.07) is 0. The molecule has 0 aromatic heterocycles. The fourth-order valence-electron chi connectivity index (χ4n) is 0.115. The van der Waals surface area contributed by atoms with Gasteiger partial charge in [0.1, 0.15) is 0 Å². The average molecular weight is 140 g/mol. The second-order valence-corrected chi connectivity index (χ2v) is 2.02. The Morgan fingerprint density at radius 1 is 1.86 bits per heavy atom. The lowest BCUT2D eigenvalue weighted by Crippen LogP contribution is -1.88. The molecule has 0 aromatic rings. The molecule has 7 heavy (non-hydrogen) atoms. The lowest BCUT2D eigenvalue weighted by molar-refractivity contribution is 0.540. The average Bonchev–Trinajstić information content (AvgIpc) is 1.61. The summed E-state index contributed by atoms with van der Waals surface area (Å²) >= 11 is 3.01. The Morgan fingerprint density at radius 3 is 2.57 bits per heavy atom. The fraction of sp³-hybridized carbons (Fsp3) is 0.333. The Kier molecular flexibility index (Phi) is 4.39. The molecule has 42 valence electrons. The van der Waals surface area contributed by atoms with Crippen LogP contribution in [0.15, 0.2) is 11.6 Å². The van der Waals surface area contributed by atoms with Gasteiger partial charge in [0, 0.05) is 11.3 Å². The summed E-state index contributed by atoms with van der Waals surface area (Å²) in [5.41, 5.74) is 1.18. The molecular weight excluding hydrogens is 136 g/mol. The van der Waals surface area contributed by atoms with Gasteiger partial charge in [-0.05, 0) is 0 Å². The highest BCUT2D eigenvalue weighted by atomic mass is 35.5. The van der Waals surface area contributed by atoms with Gasteiger partial charge in [0.2, 0.25) is 0 Å². The van der Waals surface area contributed by atoms with E-state index in [4.69, 9.17) is 11.6 Å². The monoisotopic (exact) mass is 139 g/mol. The van der Waals surface area contributed by atoms with Gasteiger partial charge in [-0.2, -0.15) is 0 Å². The van der Waals surface area contributed by atoms with E-state index in [2.05, 4.69) is 0 Å². The molecular formula is C3H4ClO2S-. The van der Waals surface area contributed by atoms with Crippen molar-refractivity contribution >= 4 is 22.7 Å². The SMILES string of the molecule is O=S([O-])CC=CCl. The normalized spacial score (nSPS) is 15.1. The van der Waals surface area contributed by atoms with Crippen molar-refractivity contribution in [1.29, 1.82) is 0 Å². The first kappa shape index (κ1) is 7.14. The van der Waals surface area contributed by atoms with Crippen molar-refractivity contribution in [1.82, 2.24) is 0 Å². The number of halogens is 1. The highest BCUT2D eigenvalue weighted by Gasteiger charge is 1.70. The third kappa shape index (κ3) is 6.14. The van der Waals surface area contributed by atoms with Crippen molar-refractivity contribution in [3.05, 3.63) is 11.6 Å². The van der Waals surface area contributed by atoms with Gasteiger partial charge in [0.25, 0.3) is 0 Å². The van der Waals surface area contributed by atoms with Crippen LogP contribution >= 0.6 is 11.6 Å². The molecule has 0 aliphatic rings. The first-order valence-corrected chi connectivity index (χ1v) is 3.26. The smallest absolute Gasteiger partial charge is 0.0293 e. The molecule has 0 fully saturated rings. The fourth-order valence-corrected chi connectivity index (χ4v) is 0.563. The van der Waals surface area contributed by atoms with E-state index in [0.29, 0.717) is 0 Å². The van der Waals surface area contributed by atoms with Gasteiger partial charge in [-0.25, -0.2) is 0 Å². The molecule has 0 aliphatic carbocycles. The molecule has 0 aromatic carbocycles. The second kappa shape index (κ2) is 4.30. The number of hydrogen-bond acceptors (Lipinski definition) is 2. The van der Waals surface area contributed by atoms with Gasteiger partial charge in [0.05, 0.1) is 0 Å². The third-order valence-corrected chi connectivity index (χ3v) is 0.964. The van der Waals surface area contributed by atoms with E-state index in [1.807, 2.05) is 0 Å². The zero-order valence-electron chi connectivity index (χ0n) is 3.46.